The number of halogens is 2. The number of pyridine rings is 1. The molecule has 2 aromatic rings. The van der Waals surface area contributed by atoms with Crippen molar-refractivity contribution in [2.45, 2.75) is 20.1 Å². The van der Waals surface area contributed by atoms with Crippen molar-refractivity contribution in [1.29, 1.82) is 0 Å². The maximum absolute atomic E-state index is 13.6. The van der Waals surface area contributed by atoms with E-state index in [0.29, 0.717) is 11.3 Å². The Kier molecular flexibility index (Phi) is 5.49. The third-order valence-corrected chi connectivity index (χ3v) is 3.25. The number of aromatic nitrogens is 1. The molecule has 0 aliphatic carbocycles. The highest BCUT2D eigenvalue weighted by Gasteiger charge is 2.04. The van der Waals surface area contributed by atoms with E-state index in [9.17, 15) is 4.39 Å². The van der Waals surface area contributed by atoms with Gasteiger partial charge in [0.25, 0.3) is 0 Å². The summed E-state index contributed by atoms with van der Waals surface area (Å²) in [5.41, 5.74) is 1.46. The van der Waals surface area contributed by atoms with Crippen LogP contribution >= 0.6 is 15.9 Å². The highest BCUT2D eigenvalue weighted by molar-refractivity contribution is 9.10. The van der Waals surface area contributed by atoms with Crippen LogP contribution in [0.15, 0.2) is 41.0 Å². The number of nitrogens with one attached hydrogen (secondary N) is 1. The Morgan fingerprint density at radius 2 is 2.15 bits per heavy atom. The Bertz CT molecular complexity index is 560. The molecule has 1 aromatic carbocycles. The van der Waals surface area contributed by atoms with Gasteiger partial charge >= 0.3 is 0 Å². The first-order valence-electron chi connectivity index (χ1n) is 6.41. The third-order valence-electron chi connectivity index (χ3n) is 2.76. The number of rotatable bonds is 6. The van der Waals surface area contributed by atoms with E-state index in [0.717, 1.165) is 23.3 Å². The lowest BCUT2D eigenvalue weighted by molar-refractivity contribution is 0.298. The fraction of sp³-hybridized carbons (Fsp3) is 0.267. The molecule has 0 aliphatic heterocycles. The average Bonchev–Trinajstić information content (AvgIpc) is 2.47. The summed E-state index contributed by atoms with van der Waals surface area (Å²) in [5, 5.41) is 3.20. The van der Waals surface area contributed by atoms with Gasteiger partial charge in [-0.3, -0.25) is 4.98 Å². The van der Waals surface area contributed by atoms with Crippen LogP contribution in [-0.2, 0) is 13.2 Å². The molecule has 1 N–H and O–H groups in total. The first-order chi connectivity index (χ1) is 9.69. The second kappa shape index (κ2) is 7.36. The molecule has 5 heteroatoms. The molecule has 1 aromatic heterocycles. The molecule has 106 valence electrons. The molecule has 0 radical (unpaired) electrons. The summed E-state index contributed by atoms with van der Waals surface area (Å²) in [6.45, 7) is 3.86. The minimum absolute atomic E-state index is 0.180. The largest absolute Gasteiger partial charge is 0.487 e. The van der Waals surface area contributed by atoms with Gasteiger partial charge in [-0.15, -0.1) is 0 Å². The first-order valence-corrected chi connectivity index (χ1v) is 7.20. The van der Waals surface area contributed by atoms with Crippen LogP contribution in [0.5, 0.6) is 5.75 Å². The number of ether oxygens (including phenoxy) is 1. The predicted molar refractivity (Wildman–Crippen MR) is 80.0 cm³/mol. The van der Waals surface area contributed by atoms with Gasteiger partial charge in [0.2, 0.25) is 0 Å². The van der Waals surface area contributed by atoms with Crippen molar-refractivity contribution in [3.05, 3.63) is 58.1 Å². The van der Waals surface area contributed by atoms with Crippen LogP contribution in [0.3, 0.4) is 0 Å². The zero-order chi connectivity index (χ0) is 14.4. The quantitative estimate of drug-likeness (QED) is 0.872. The monoisotopic (exact) mass is 338 g/mol. The van der Waals surface area contributed by atoms with Gasteiger partial charge in [0.15, 0.2) is 0 Å². The Labute approximate surface area is 126 Å². The molecule has 0 amide bonds. The van der Waals surface area contributed by atoms with Crippen molar-refractivity contribution >= 4 is 15.9 Å². The zero-order valence-electron chi connectivity index (χ0n) is 11.2. The second-order valence-electron chi connectivity index (χ2n) is 4.29. The SMILES string of the molecule is CCNCc1ccc(OCc2cc(Br)ccc2F)cn1. The molecule has 0 saturated carbocycles. The summed E-state index contributed by atoms with van der Waals surface area (Å²) in [7, 11) is 0. The molecule has 0 spiro atoms. The molecule has 0 atom stereocenters. The van der Waals surface area contributed by atoms with Crippen molar-refractivity contribution in [3.8, 4) is 5.75 Å². The van der Waals surface area contributed by atoms with E-state index in [1.807, 2.05) is 19.1 Å². The second-order valence-corrected chi connectivity index (χ2v) is 5.21. The number of hydrogen-bond donors (Lipinski definition) is 1. The molecule has 0 aliphatic rings. The van der Waals surface area contributed by atoms with Gasteiger partial charge in [-0.2, -0.15) is 0 Å². The van der Waals surface area contributed by atoms with Gasteiger partial charge in [-0.05, 0) is 36.9 Å². The average molecular weight is 339 g/mol. The van der Waals surface area contributed by atoms with E-state index < -0.39 is 0 Å². The van der Waals surface area contributed by atoms with E-state index in [2.05, 4.69) is 26.2 Å². The molecule has 0 fully saturated rings. The van der Waals surface area contributed by atoms with Crippen LogP contribution in [0.1, 0.15) is 18.2 Å². The van der Waals surface area contributed by atoms with E-state index in [-0.39, 0.29) is 12.4 Å². The van der Waals surface area contributed by atoms with E-state index in [4.69, 9.17) is 4.74 Å². The fourth-order valence-electron chi connectivity index (χ4n) is 1.67. The van der Waals surface area contributed by atoms with Gasteiger partial charge in [-0.1, -0.05) is 22.9 Å². The lowest BCUT2D eigenvalue weighted by Gasteiger charge is -2.08. The topological polar surface area (TPSA) is 34.1 Å². The Morgan fingerprint density at radius 1 is 1.30 bits per heavy atom. The smallest absolute Gasteiger partial charge is 0.138 e. The van der Waals surface area contributed by atoms with Gasteiger partial charge in [0.1, 0.15) is 18.2 Å². The molecule has 0 saturated heterocycles. The summed E-state index contributed by atoms with van der Waals surface area (Å²) < 4.78 is 19.9. The first kappa shape index (κ1) is 14.9. The molecular weight excluding hydrogens is 323 g/mol. The van der Waals surface area contributed by atoms with Gasteiger partial charge in [0.05, 0.1) is 11.9 Å². The summed E-state index contributed by atoms with van der Waals surface area (Å²) in [5.74, 6) is 0.356. The van der Waals surface area contributed by atoms with Crippen LogP contribution < -0.4 is 10.1 Å². The Hall–Kier alpha value is -1.46. The Balaban J connectivity index is 1.95. The van der Waals surface area contributed by atoms with Crippen molar-refractivity contribution in [3.63, 3.8) is 0 Å². The lowest BCUT2D eigenvalue weighted by Crippen LogP contribution is -2.12. The number of hydrogen-bond acceptors (Lipinski definition) is 3. The minimum Gasteiger partial charge on any atom is -0.487 e. The van der Waals surface area contributed by atoms with Gasteiger partial charge in [0, 0.05) is 16.6 Å². The molecule has 0 unspecified atom stereocenters. The van der Waals surface area contributed by atoms with E-state index >= 15 is 0 Å². The summed E-state index contributed by atoms with van der Waals surface area (Å²) in [4.78, 5) is 4.28. The third kappa shape index (κ3) is 4.28. The number of nitrogens with zero attached hydrogens (tertiary/aromatic N) is 1. The van der Waals surface area contributed by atoms with Gasteiger partial charge < -0.3 is 10.1 Å². The lowest BCUT2D eigenvalue weighted by atomic mass is 10.2. The van der Waals surface area contributed by atoms with Crippen molar-refractivity contribution in [1.82, 2.24) is 10.3 Å². The normalized spacial score (nSPS) is 10.6. The standard InChI is InChI=1S/C15H16BrFN2O/c1-2-18-8-13-4-5-14(9-19-13)20-10-11-7-12(16)3-6-15(11)17/h3-7,9,18H,2,8,10H2,1H3. The fourth-order valence-corrected chi connectivity index (χ4v) is 2.08. The molecule has 20 heavy (non-hydrogen) atoms. The zero-order valence-corrected chi connectivity index (χ0v) is 12.8. The maximum atomic E-state index is 13.6. The van der Waals surface area contributed by atoms with E-state index in [1.54, 1.807) is 18.3 Å². The van der Waals surface area contributed by atoms with Crippen LogP contribution in [-0.4, -0.2) is 11.5 Å². The van der Waals surface area contributed by atoms with Crippen LogP contribution in [0.2, 0.25) is 0 Å². The molecule has 0 bridgehead atoms. The number of benzene rings is 1. The summed E-state index contributed by atoms with van der Waals surface area (Å²) in [6.07, 6.45) is 1.66. The van der Waals surface area contributed by atoms with Crippen LogP contribution in [0.25, 0.3) is 0 Å². The van der Waals surface area contributed by atoms with E-state index in [1.165, 1.54) is 6.07 Å². The van der Waals surface area contributed by atoms with Crippen LogP contribution in [0.4, 0.5) is 4.39 Å². The molecule has 1 heterocycles. The van der Waals surface area contributed by atoms with Crippen molar-refractivity contribution < 1.29 is 9.13 Å². The summed E-state index contributed by atoms with van der Waals surface area (Å²) >= 11 is 3.31. The highest BCUT2D eigenvalue weighted by Crippen LogP contribution is 2.18. The highest BCUT2D eigenvalue weighted by atomic mass is 79.9. The van der Waals surface area contributed by atoms with Crippen molar-refractivity contribution in [2.24, 2.45) is 0 Å². The van der Waals surface area contributed by atoms with Crippen LogP contribution in [0, 0.1) is 5.82 Å². The predicted octanol–water partition coefficient (Wildman–Crippen LogP) is 3.67. The van der Waals surface area contributed by atoms with Crippen molar-refractivity contribution in [2.75, 3.05) is 6.54 Å². The molecule has 2 rings (SSSR count). The molecule has 3 nitrogen and oxygen atoms in total. The Morgan fingerprint density at radius 3 is 2.85 bits per heavy atom. The minimum atomic E-state index is -0.273. The summed E-state index contributed by atoms with van der Waals surface area (Å²) in [6, 6.07) is 8.53. The molecular formula is C15H16BrFN2O. The van der Waals surface area contributed by atoms with Gasteiger partial charge in [-0.25, -0.2) is 4.39 Å². The maximum Gasteiger partial charge on any atom is 0.138 e.